The smallest absolute Gasteiger partial charge is 0.372 e. The van der Waals surface area contributed by atoms with E-state index in [0.717, 1.165) is 0 Å². The number of ether oxygens (including phenoxy) is 3. The summed E-state index contributed by atoms with van der Waals surface area (Å²) in [6.45, 7) is 5.05. The van der Waals surface area contributed by atoms with Gasteiger partial charge < -0.3 is 39.7 Å². The number of carboxylic acids is 2. The molecule has 0 saturated heterocycles. The summed E-state index contributed by atoms with van der Waals surface area (Å²) in [4.78, 5) is 69.0. The zero-order valence-corrected chi connectivity index (χ0v) is 25.4. The number of aliphatic hydroxyl groups is 3. The highest BCUT2D eigenvalue weighted by molar-refractivity contribution is 5.94. The Labute approximate surface area is 288 Å². The van der Waals surface area contributed by atoms with Crippen molar-refractivity contribution >= 4 is 35.8 Å². The Morgan fingerprint density at radius 2 is 0.640 bits per heavy atom. The molecule has 0 unspecified atom stereocenters. The molecule has 0 bridgehead atoms. The summed E-state index contributed by atoms with van der Waals surface area (Å²) in [5.41, 5.74) is 1.08. The van der Waals surface area contributed by atoms with Crippen molar-refractivity contribution in [1.29, 1.82) is 0 Å². The maximum absolute atomic E-state index is 11.4. The van der Waals surface area contributed by atoms with Crippen LogP contribution in [0.3, 0.4) is 0 Å². The van der Waals surface area contributed by atoms with Crippen LogP contribution in [0.1, 0.15) is 77.0 Å². The predicted molar refractivity (Wildman–Crippen MR) is 178 cm³/mol. The summed E-state index contributed by atoms with van der Waals surface area (Å²) in [7, 11) is 0. The van der Waals surface area contributed by atoms with Crippen molar-refractivity contribution in [2.75, 3.05) is 39.6 Å². The van der Waals surface area contributed by atoms with E-state index in [9.17, 15) is 28.8 Å². The summed E-state index contributed by atoms with van der Waals surface area (Å²) in [5.74, 6) is -4.77. The molecule has 3 rings (SSSR count). The van der Waals surface area contributed by atoms with E-state index in [1.165, 1.54) is 72.8 Å². The SMILES string of the molecule is C.C.C=C.O=C(O)c1ccc(C(=O)O)cc1.O=C(OCCO)c1ccc(C(=O)OCCO)cc1.O=C(OO)c1ccc(C(=O)OCCO)cc1. The predicted octanol–water partition coefficient (Wildman–Crippen LogP) is 3.61. The molecule has 0 aliphatic carbocycles. The van der Waals surface area contributed by atoms with Crippen molar-refractivity contribution in [2.24, 2.45) is 0 Å². The molecule has 16 nitrogen and oxygen atoms in total. The fourth-order valence-electron chi connectivity index (χ4n) is 2.96. The van der Waals surface area contributed by atoms with Gasteiger partial charge in [0.1, 0.15) is 19.8 Å². The average molecular weight is 707 g/mol. The summed E-state index contributed by atoms with van der Waals surface area (Å²) in [6.07, 6.45) is 0. The normalized spacial score (nSPS) is 8.96. The molecule has 50 heavy (non-hydrogen) atoms. The molecule has 16 heteroatoms. The molecule has 6 N–H and O–H groups in total. The molecule has 274 valence electrons. The Hall–Kier alpha value is -5.94. The van der Waals surface area contributed by atoms with E-state index in [2.05, 4.69) is 22.8 Å². The lowest BCUT2D eigenvalue weighted by molar-refractivity contribution is -0.182. The number of rotatable bonds is 12. The molecule has 0 aliphatic heterocycles. The number of hydrogen-bond donors (Lipinski definition) is 6. The first-order chi connectivity index (χ1) is 23.0. The summed E-state index contributed by atoms with van der Waals surface area (Å²) in [6, 6.07) is 16.1. The number of esters is 3. The van der Waals surface area contributed by atoms with Crippen LogP contribution in [0.2, 0.25) is 0 Å². The monoisotopic (exact) mass is 706 g/mol. The first-order valence-electron chi connectivity index (χ1n) is 13.4. The molecular weight excluding hydrogens is 664 g/mol. The molecule has 3 aromatic rings. The minimum atomic E-state index is -1.06. The van der Waals surface area contributed by atoms with Crippen molar-refractivity contribution in [2.45, 2.75) is 14.9 Å². The zero-order chi connectivity index (χ0) is 36.5. The van der Waals surface area contributed by atoms with Crippen molar-refractivity contribution in [1.82, 2.24) is 0 Å². The number of hydrogen-bond acceptors (Lipinski definition) is 14. The number of aromatic carboxylic acids is 2. The van der Waals surface area contributed by atoms with Gasteiger partial charge in [-0.05, 0) is 72.8 Å². The number of aliphatic hydroxyl groups excluding tert-OH is 3. The third kappa shape index (κ3) is 18.4. The van der Waals surface area contributed by atoms with Gasteiger partial charge in [0.25, 0.3) is 0 Å². The second-order valence-corrected chi connectivity index (χ2v) is 8.30. The lowest BCUT2D eigenvalue weighted by atomic mass is 10.1. The second kappa shape index (κ2) is 28.1. The van der Waals surface area contributed by atoms with Crippen LogP contribution in [0.25, 0.3) is 0 Å². The maximum Gasteiger partial charge on any atom is 0.372 e. The fourth-order valence-corrected chi connectivity index (χ4v) is 2.96. The van der Waals surface area contributed by atoms with Crippen LogP contribution < -0.4 is 0 Å². The van der Waals surface area contributed by atoms with Gasteiger partial charge in [0.15, 0.2) is 0 Å². The van der Waals surface area contributed by atoms with Gasteiger partial charge in [-0.15, -0.1) is 13.2 Å². The quantitative estimate of drug-likeness (QED) is 0.0516. The molecule has 0 atom stereocenters. The van der Waals surface area contributed by atoms with Crippen molar-refractivity contribution in [3.05, 3.63) is 119 Å². The highest BCUT2D eigenvalue weighted by Crippen LogP contribution is 2.09. The molecule has 0 saturated carbocycles. The fraction of sp³-hybridized carbons (Fsp3) is 0.235. The van der Waals surface area contributed by atoms with Gasteiger partial charge in [0.05, 0.1) is 53.2 Å². The highest BCUT2D eigenvalue weighted by Gasteiger charge is 2.12. The third-order valence-corrected chi connectivity index (χ3v) is 5.15. The lowest BCUT2D eigenvalue weighted by Crippen LogP contribution is -2.11. The summed E-state index contributed by atoms with van der Waals surface area (Å²) < 4.78 is 14.1. The Kier molecular flexibility index (Phi) is 27.2. The molecular formula is C34H42O16. The van der Waals surface area contributed by atoms with E-state index < -0.39 is 35.8 Å². The Morgan fingerprint density at radius 1 is 0.440 bits per heavy atom. The zero-order valence-electron chi connectivity index (χ0n) is 25.4. The third-order valence-electron chi connectivity index (χ3n) is 5.15. The van der Waals surface area contributed by atoms with Crippen molar-refractivity contribution < 1.29 is 78.7 Å². The molecule has 0 fully saturated rings. The van der Waals surface area contributed by atoms with Gasteiger partial charge in [0, 0.05) is 0 Å². The molecule has 0 aromatic heterocycles. The van der Waals surface area contributed by atoms with Gasteiger partial charge >= 0.3 is 35.8 Å². The van der Waals surface area contributed by atoms with E-state index in [0.29, 0.717) is 0 Å². The van der Waals surface area contributed by atoms with Gasteiger partial charge in [0.2, 0.25) is 0 Å². The molecule has 3 aromatic carbocycles. The van der Waals surface area contributed by atoms with Crippen LogP contribution in [-0.2, 0) is 19.1 Å². The van der Waals surface area contributed by atoms with Crippen LogP contribution in [-0.4, -0.2) is 106 Å². The number of carboxylic acid groups (broad SMARTS) is 2. The van der Waals surface area contributed by atoms with E-state index in [4.69, 9.17) is 40.3 Å². The van der Waals surface area contributed by atoms with Crippen LogP contribution >= 0.6 is 0 Å². The topological polar surface area (TPSA) is 261 Å². The molecule has 0 aliphatic rings. The Balaban J connectivity index is -0.000000644. The molecule has 0 heterocycles. The van der Waals surface area contributed by atoms with Gasteiger partial charge in [-0.1, -0.05) is 14.9 Å². The van der Waals surface area contributed by atoms with Gasteiger partial charge in [-0.25, -0.2) is 28.8 Å². The number of benzene rings is 3. The highest BCUT2D eigenvalue weighted by atomic mass is 17.1. The van der Waals surface area contributed by atoms with Crippen molar-refractivity contribution in [3.63, 3.8) is 0 Å². The minimum Gasteiger partial charge on any atom is -0.478 e. The van der Waals surface area contributed by atoms with Crippen LogP contribution in [0.4, 0.5) is 0 Å². The van der Waals surface area contributed by atoms with Crippen LogP contribution in [0.5, 0.6) is 0 Å². The van der Waals surface area contributed by atoms with Crippen LogP contribution in [0.15, 0.2) is 86.0 Å². The van der Waals surface area contributed by atoms with E-state index >= 15 is 0 Å². The average Bonchev–Trinajstić information content (AvgIpc) is 3.12. The Bertz CT molecular complexity index is 1380. The minimum absolute atomic E-state index is 0. The summed E-state index contributed by atoms with van der Waals surface area (Å²) in [5, 5.41) is 50.5. The maximum atomic E-state index is 11.4. The molecule has 0 spiro atoms. The largest absolute Gasteiger partial charge is 0.478 e. The molecule has 0 radical (unpaired) electrons. The first-order valence-corrected chi connectivity index (χ1v) is 13.4. The van der Waals surface area contributed by atoms with Gasteiger partial charge in [-0.2, -0.15) is 5.26 Å². The Morgan fingerprint density at radius 3 is 0.820 bits per heavy atom. The number of carbonyl (C=O) groups excluding carboxylic acids is 4. The second-order valence-electron chi connectivity index (χ2n) is 8.30. The first kappa shape index (κ1) is 48.5. The van der Waals surface area contributed by atoms with E-state index in [-0.39, 0.29) is 87.9 Å². The van der Waals surface area contributed by atoms with Gasteiger partial charge in [-0.3, -0.25) is 4.89 Å². The molecule has 0 amide bonds. The summed E-state index contributed by atoms with van der Waals surface area (Å²) >= 11 is 0. The van der Waals surface area contributed by atoms with E-state index in [1.54, 1.807) is 0 Å². The standard InChI is InChI=1S/C12H14O6.C10H10O6.C8H6O4.C2H4.2CH4/c13-5-7-17-11(15)9-1-2-10(4-3-9)12(16)18-8-6-14;11-5-6-15-9(12)7-1-3-8(4-2-7)10(13)16-14;9-7(10)5-1-2-6(4-3-5)8(11)12;1-2;;/h1-4,13-14H,5-8H2;1-4,11,14H,5-6H2;1-4H,(H,9,10)(H,11,12);1-2H2;2*1H4. The lowest BCUT2D eigenvalue weighted by Gasteiger charge is -2.05. The van der Waals surface area contributed by atoms with Crippen LogP contribution in [0, 0.1) is 0 Å². The van der Waals surface area contributed by atoms with Crippen molar-refractivity contribution in [3.8, 4) is 0 Å². The van der Waals surface area contributed by atoms with E-state index in [1.807, 2.05) is 0 Å². The number of carbonyl (C=O) groups is 6.